The summed E-state index contributed by atoms with van der Waals surface area (Å²) in [6.45, 7) is 7.12. The number of carbonyl (C=O) groups is 3. The molecule has 0 bridgehead atoms. The van der Waals surface area contributed by atoms with Crippen molar-refractivity contribution in [3.63, 3.8) is 0 Å². The molecular formula is C47H48Cl2N4O7. The normalized spacial score (nSPS) is 19.4. The van der Waals surface area contributed by atoms with Gasteiger partial charge in [0.1, 0.15) is 31.0 Å². The van der Waals surface area contributed by atoms with Crippen LogP contribution in [0.25, 0.3) is 5.57 Å². The summed E-state index contributed by atoms with van der Waals surface area (Å²) in [5, 5.41) is 17.3. The predicted molar refractivity (Wildman–Crippen MR) is 232 cm³/mol. The SMILES string of the molecule is C=C/C=C(\C(C)=C/N)c1ccc(CC(NC(=O)[C@@H]2Cc3cc4c(cc3CN2C(=O)C2CCCCN2)O[C@@H](c2ccc(OCc3ccc(Cl)c(Cl)c3)cc2)CO4)C(=O)O)cc1. The van der Waals surface area contributed by atoms with Gasteiger partial charge in [-0.15, -0.1) is 0 Å². The first kappa shape index (κ1) is 42.4. The van der Waals surface area contributed by atoms with Crippen molar-refractivity contribution in [1.82, 2.24) is 15.5 Å². The highest BCUT2D eigenvalue weighted by Gasteiger charge is 2.40. The van der Waals surface area contributed by atoms with Gasteiger partial charge in [-0.2, -0.15) is 0 Å². The summed E-state index contributed by atoms with van der Waals surface area (Å²) in [4.78, 5) is 42.5. The molecule has 1 fully saturated rings. The van der Waals surface area contributed by atoms with E-state index in [2.05, 4.69) is 17.2 Å². The topological polar surface area (TPSA) is 152 Å². The Morgan fingerprint density at radius 1 is 1.00 bits per heavy atom. The van der Waals surface area contributed by atoms with Gasteiger partial charge in [-0.25, -0.2) is 4.79 Å². The van der Waals surface area contributed by atoms with Gasteiger partial charge in [-0.3, -0.25) is 9.59 Å². The molecule has 5 N–H and O–H groups in total. The van der Waals surface area contributed by atoms with E-state index in [-0.39, 0.29) is 31.9 Å². The Bertz CT molecular complexity index is 2310. The number of hydrogen-bond acceptors (Lipinski definition) is 8. The van der Waals surface area contributed by atoms with Crippen molar-refractivity contribution in [2.75, 3.05) is 13.2 Å². The minimum absolute atomic E-state index is 0.0450. The summed E-state index contributed by atoms with van der Waals surface area (Å²) < 4.78 is 18.7. The monoisotopic (exact) mass is 850 g/mol. The van der Waals surface area contributed by atoms with Crippen molar-refractivity contribution in [2.24, 2.45) is 5.73 Å². The third-order valence-corrected chi connectivity index (χ3v) is 11.9. The van der Waals surface area contributed by atoms with Gasteiger partial charge in [0.25, 0.3) is 0 Å². The zero-order valence-electron chi connectivity index (χ0n) is 33.3. The Hall–Kier alpha value is -5.75. The molecule has 0 aromatic heterocycles. The summed E-state index contributed by atoms with van der Waals surface area (Å²) in [5.41, 5.74) is 12.6. The minimum Gasteiger partial charge on any atom is -0.489 e. The first-order valence-electron chi connectivity index (χ1n) is 20.0. The molecule has 7 rings (SSSR count). The van der Waals surface area contributed by atoms with Crippen LogP contribution in [0.1, 0.15) is 65.7 Å². The smallest absolute Gasteiger partial charge is 0.326 e. The van der Waals surface area contributed by atoms with Gasteiger partial charge >= 0.3 is 5.97 Å². The second-order valence-electron chi connectivity index (χ2n) is 15.2. The maximum atomic E-state index is 14.2. The number of benzene rings is 4. The Labute approximate surface area is 359 Å². The number of nitrogens with one attached hydrogen (secondary N) is 2. The molecule has 2 unspecified atom stereocenters. The van der Waals surface area contributed by atoms with E-state index < -0.39 is 36.1 Å². The molecule has 13 heteroatoms. The highest BCUT2D eigenvalue weighted by atomic mass is 35.5. The second-order valence-corrected chi connectivity index (χ2v) is 16.1. The highest BCUT2D eigenvalue weighted by molar-refractivity contribution is 6.42. The molecule has 60 heavy (non-hydrogen) atoms. The van der Waals surface area contributed by atoms with Crippen molar-refractivity contribution < 1.29 is 33.7 Å². The van der Waals surface area contributed by atoms with Gasteiger partial charge in [0, 0.05) is 19.4 Å². The molecular weight excluding hydrogens is 803 g/mol. The van der Waals surface area contributed by atoms with E-state index in [9.17, 15) is 19.5 Å². The van der Waals surface area contributed by atoms with Crippen LogP contribution in [-0.4, -0.2) is 59.1 Å². The second kappa shape index (κ2) is 19.1. The number of allylic oxidation sites excluding steroid dienone is 4. The number of carboxylic acid groups (broad SMARTS) is 1. The van der Waals surface area contributed by atoms with E-state index in [0.29, 0.717) is 46.9 Å². The number of nitrogens with two attached hydrogens (primary N) is 1. The lowest BCUT2D eigenvalue weighted by molar-refractivity contribution is -0.146. The zero-order valence-corrected chi connectivity index (χ0v) is 34.8. The molecule has 4 atom stereocenters. The van der Waals surface area contributed by atoms with Gasteiger partial charge in [-0.1, -0.05) is 90.8 Å². The zero-order chi connectivity index (χ0) is 42.3. The summed E-state index contributed by atoms with van der Waals surface area (Å²) in [5.74, 6) is -0.151. The Morgan fingerprint density at radius 2 is 1.75 bits per heavy atom. The largest absolute Gasteiger partial charge is 0.489 e. The first-order valence-corrected chi connectivity index (χ1v) is 20.8. The molecule has 3 aliphatic heterocycles. The molecule has 4 aromatic rings. The molecule has 3 heterocycles. The first-order chi connectivity index (χ1) is 29.0. The third-order valence-electron chi connectivity index (χ3n) is 11.2. The summed E-state index contributed by atoms with van der Waals surface area (Å²) in [6.07, 6.45) is 7.39. The lowest BCUT2D eigenvalue weighted by Crippen LogP contribution is -2.59. The molecule has 0 aliphatic carbocycles. The van der Waals surface area contributed by atoms with Crippen LogP contribution < -0.4 is 30.6 Å². The number of ether oxygens (including phenoxy) is 3. The van der Waals surface area contributed by atoms with Crippen LogP contribution in [0.5, 0.6) is 17.2 Å². The summed E-state index contributed by atoms with van der Waals surface area (Å²) >= 11 is 12.2. The van der Waals surface area contributed by atoms with Crippen molar-refractivity contribution in [2.45, 2.75) is 76.4 Å². The fraction of sp³-hybridized carbons (Fsp3) is 0.298. The number of halogens is 2. The summed E-state index contributed by atoms with van der Waals surface area (Å²) in [6, 6.07) is 21.6. The van der Waals surface area contributed by atoms with Gasteiger partial charge in [0.2, 0.25) is 11.8 Å². The molecule has 11 nitrogen and oxygen atoms in total. The molecule has 3 aliphatic rings. The average molecular weight is 852 g/mol. The van der Waals surface area contributed by atoms with Crippen molar-refractivity contribution >= 4 is 46.6 Å². The Morgan fingerprint density at radius 3 is 2.43 bits per heavy atom. The van der Waals surface area contributed by atoms with Crippen molar-refractivity contribution in [1.29, 1.82) is 0 Å². The van der Waals surface area contributed by atoms with E-state index in [1.165, 1.54) is 6.20 Å². The van der Waals surface area contributed by atoms with Crippen LogP contribution in [0, 0.1) is 0 Å². The Kier molecular flexibility index (Phi) is 13.5. The number of carboxylic acids is 1. The van der Waals surface area contributed by atoms with Crippen LogP contribution in [-0.2, 0) is 40.4 Å². The van der Waals surface area contributed by atoms with Crippen LogP contribution in [0.2, 0.25) is 10.0 Å². The Balaban J connectivity index is 1.06. The molecule has 312 valence electrons. The number of nitrogens with zero attached hydrogens (tertiary/aromatic N) is 1. The highest BCUT2D eigenvalue weighted by Crippen LogP contribution is 2.41. The lowest BCUT2D eigenvalue weighted by atomic mass is 9.90. The number of amides is 2. The minimum atomic E-state index is -1.23. The number of piperidine rings is 1. The van der Waals surface area contributed by atoms with Crippen molar-refractivity contribution in [3.05, 3.63) is 153 Å². The maximum absolute atomic E-state index is 14.2. The fourth-order valence-corrected chi connectivity index (χ4v) is 8.13. The van der Waals surface area contributed by atoms with E-state index in [4.69, 9.17) is 43.1 Å². The lowest BCUT2D eigenvalue weighted by Gasteiger charge is -2.40. The number of hydrogen-bond donors (Lipinski definition) is 4. The third kappa shape index (κ3) is 9.81. The number of fused-ring (bicyclic) bond motifs is 2. The molecule has 0 saturated carbocycles. The van der Waals surface area contributed by atoms with Crippen LogP contribution in [0.3, 0.4) is 0 Å². The number of aliphatic carboxylic acids is 1. The number of carbonyl (C=O) groups excluding carboxylic acids is 2. The molecule has 0 radical (unpaired) electrons. The van der Waals surface area contributed by atoms with E-state index in [1.807, 2.05) is 79.7 Å². The van der Waals surface area contributed by atoms with Gasteiger partial charge in [0.05, 0.1) is 16.1 Å². The molecule has 4 aromatic carbocycles. The van der Waals surface area contributed by atoms with E-state index >= 15 is 0 Å². The molecule has 0 spiro atoms. The fourth-order valence-electron chi connectivity index (χ4n) is 7.81. The average Bonchev–Trinajstić information content (AvgIpc) is 3.27. The molecule has 1 saturated heterocycles. The summed E-state index contributed by atoms with van der Waals surface area (Å²) in [7, 11) is 0. The van der Waals surface area contributed by atoms with Gasteiger partial charge in [-0.05, 0) is 113 Å². The van der Waals surface area contributed by atoms with Crippen LogP contribution in [0.15, 0.2) is 109 Å². The van der Waals surface area contributed by atoms with Crippen LogP contribution in [0.4, 0.5) is 0 Å². The quantitative estimate of drug-likeness (QED) is 0.0991. The predicted octanol–water partition coefficient (Wildman–Crippen LogP) is 7.72. The maximum Gasteiger partial charge on any atom is 0.326 e. The number of rotatable bonds is 13. The van der Waals surface area contributed by atoms with Crippen LogP contribution >= 0.6 is 23.2 Å². The van der Waals surface area contributed by atoms with Gasteiger partial charge < -0.3 is 40.6 Å². The van der Waals surface area contributed by atoms with E-state index in [1.54, 1.807) is 23.1 Å². The van der Waals surface area contributed by atoms with Gasteiger partial charge in [0.15, 0.2) is 17.6 Å². The van der Waals surface area contributed by atoms with Crippen molar-refractivity contribution in [3.8, 4) is 17.2 Å². The standard InChI is InChI=1S/C47H48Cl2N4O7/c1-3-6-36(28(2)24-50)31-11-8-29(9-12-31)20-40(47(56)57)52-45(54)41-21-33-22-42-43(23-34(33)25-53(41)46(55)39-7-4-5-18-51-39)60-44(27-59-42)32-13-15-35(16-14-32)58-26-30-10-17-37(48)38(49)19-30/h3,6,8-17,19,22-24,39-41,44,51H,1,4-5,7,18,20-21,25-27,50H2,2H3,(H,52,54)(H,56,57)/b28-24-,36-6+/t39?,40?,41-,44+/m0/s1. The molecule has 2 amide bonds. The van der Waals surface area contributed by atoms with E-state index in [0.717, 1.165) is 57.4 Å².